The summed E-state index contributed by atoms with van der Waals surface area (Å²) >= 11 is 5.64. The van der Waals surface area contributed by atoms with E-state index in [2.05, 4.69) is 5.32 Å². The van der Waals surface area contributed by atoms with Gasteiger partial charge < -0.3 is 10.1 Å². The third-order valence-corrected chi connectivity index (χ3v) is 2.91. The minimum absolute atomic E-state index is 0.109. The molecule has 0 amide bonds. The third-order valence-electron chi connectivity index (χ3n) is 2.65. The van der Waals surface area contributed by atoms with Gasteiger partial charge in [-0.15, -0.1) is 11.6 Å². The van der Waals surface area contributed by atoms with Crippen LogP contribution in [0.1, 0.15) is 32.6 Å². The largest absolute Gasteiger partial charge is 0.465 e. The first-order valence-electron chi connectivity index (χ1n) is 5.23. The predicted molar refractivity (Wildman–Crippen MR) is 56.6 cm³/mol. The maximum Gasteiger partial charge on any atom is 0.326 e. The summed E-state index contributed by atoms with van der Waals surface area (Å²) in [7, 11) is 0. The van der Waals surface area contributed by atoms with Gasteiger partial charge >= 0.3 is 5.97 Å². The van der Waals surface area contributed by atoms with Crippen LogP contribution in [0.3, 0.4) is 0 Å². The van der Waals surface area contributed by atoms with E-state index in [9.17, 15) is 4.79 Å². The van der Waals surface area contributed by atoms with E-state index in [0.29, 0.717) is 12.5 Å². The number of alkyl halides is 1. The highest BCUT2D eigenvalue weighted by molar-refractivity contribution is 6.17. The van der Waals surface area contributed by atoms with Crippen LogP contribution in [-0.2, 0) is 9.53 Å². The second-order valence-corrected chi connectivity index (χ2v) is 4.00. The van der Waals surface area contributed by atoms with Crippen molar-refractivity contribution in [2.24, 2.45) is 0 Å². The highest BCUT2D eigenvalue weighted by Crippen LogP contribution is 2.26. The van der Waals surface area contributed by atoms with E-state index in [1.54, 1.807) is 0 Å². The zero-order valence-corrected chi connectivity index (χ0v) is 9.40. The zero-order valence-electron chi connectivity index (χ0n) is 8.64. The molecule has 1 aliphatic rings. The van der Waals surface area contributed by atoms with Crippen molar-refractivity contribution in [3.8, 4) is 0 Å². The maximum atomic E-state index is 11.7. The number of carbonyl (C=O) groups is 1. The zero-order chi connectivity index (χ0) is 10.4. The van der Waals surface area contributed by atoms with Crippen LogP contribution in [0.25, 0.3) is 0 Å². The lowest BCUT2D eigenvalue weighted by Crippen LogP contribution is -2.48. The Morgan fingerprint density at radius 2 is 2.43 bits per heavy atom. The molecule has 0 radical (unpaired) electrons. The van der Waals surface area contributed by atoms with Crippen LogP contribution in [0.4, 0.5) is 0 Å². The number of hydrogen-bond donors (Lipinski definition) is 1. The molecule has 0 spiro atoms. The fourth-order valence-electron chi connectivity index (χ4n) is 1.93. The Morgan fingerprint density at radius 1 is 1.64 bits per heavy atom. The Kier molecular flexibility index (Phi) is 4.69. The number of ether oxygens (including phenoxy) is 1. The molecule has 1 rings (SSSR count). The summed E-state index contributed by atoms with van der Waals surface area (Å²) in [6, 6.07) is 0. The molecule has 1 aliphatic heterocycles. The predicted octanol–water partition coefficient (Wildman–Crippen LogP) is 1.69. The number of carbonyl (C=O) groups excluding carboxylic acids is 1. The van der Waals surface area contributed by atoms with Crippen molar-refractivity contribution in [1.82, 2.24) is 5.32 Å². The molecule has 1 unspecified atom stereocenters. The van der Waals surface area contributed by atoms with Gasteiger partial charge in [-0.2, -0.15) is 0 Å². The summed E-state index contributed by atoms with van der Waals surface area (Å²) < 4.78 is 5.08. The molecule has 0 saturated carbocycles. The summed E-state index contributed by atoms with van der Waals surface area (Å²) in [5.41, 5.74) is -0.440. The molecule has 0 aromatic rings. The van der Waals surface area contributed by atoms with Crippen molar-refractivity contribution >= 4 is 17.6 Å². The first-order chi connectivity index (χ1) is 6.75. The molecular weight excluding hydrogens is 202 g/mol. The minimum Gasteiger partial charge on any atom is -0.465 e. The van der Waals surface area contributed by atoms with Crippen molar-refractivity contribution in [2.75, 3.05) is 19.0 Å². The number of halogens is 1. The SMILES string of the molecule is CCOC(=O)C1(CCCCl)CCCN1. The summed E-state index contributed by atoms with van der Waals surface area (Å²) in [5.74, 6) is 0.491. The van der Waals surface area contributed by atoms with Crippen LogP contribution in [-0.4, -0.2) is 30.5 Å². The van der Waals surface area contributed by atoms with E-state index in [4.69, 9.17) is 16.3 Å². The van der Waals surface area contributed by atoms with Gasteiger partial charge in [-0.3, -0.25) is 4.79 Å². The summed E-state index contributed by atoms with van der Waals surface area (Å²) in [6.07, 6.45) is 3.56. The Hall–Kier alpha value is -0.280. The number of rotatable bonds is 5. The molecule has 3 nitrogen and oxygen atoms in total. The summed E-state index contributed by atoms with van der Waals surface area (Å²) in [5, 5.41) is 3.26. The van der Waals surface area contributed by atoms with Crippen LogP contribution in [0.2, 0.25) is 0 Å². The van der Waals surface area contributed by atoms with Crippen LogP contribution >= 0.6 is 11.6 Å². The van der Waals surface area contributed by atoms with E-state index < -0.39 is 5.54 Å². The lowest BCUT2D eigenvalue weighted by atomic mass is 9.92. The maximum absolute atomic E-state index is 11.7. The summed E-state index contributed by atoms with van der Waals surface area (Å²) in [6.45, 7) is 3.19. The molecule has 1 N–H and O–H groups in total. The van der Waals surface area contributed by atoms with Crippen molar-refractivity contribution in [2.45, 2.75) is 38.1 Å². The average molecular weight is 220 g/mol. The molecule has 1 heterocycles. The van der Waals surface area contributed by atoms with Crippen molar-refractivity contribution in [1.29, 1.82) is 0 Å². The van der Waals surface area contributed by atoms with Gasteiger partial charge in [0.25, 0.3) is 0 Å². The molecule has 1 saturated heterocycles. The first kappa shape index (κ1) is 11.8. The van der Waals surface area contributed by atoms with Crippen LogP contribution < -0.4 is 5.32 Å². The van der Waals surface area contributed by atoms with E-state index in [-0.39, 0.29) is 5.97 Å². The third kappa shape index (κ3) is 2.61. The highest BCUT2D eigenvalue weighted by atomic mass is 35.5. The number of nitrogens with one attached hydrogen (secondary N) is 1. The molecular formula is C10H18ClNO2. The Bertz CT molecular complexity index is 191. The van der Waals surface area contributed by atoms with Crippen LogP contribution in [0.5, 0.6) is 0 Å². The van der Waals surface area contributed by atoms with Gasteiger partial charge in [0, 0.05) is 5.88 Å². The van der Waals surface area contributed by atoms with Crippen molar-refractivity contribution in [3.05, 3.63) is 0 Å². The second kappa shape index (κ2) is 5.56. The minimum atomic E-state index is -0.440. The average Bonchev–Trinajstić information content (AvgIpc) is 2.65. The van der Waals surface area contributed by atoms with Gasteiger partial charge in [-0.05, 0) is 39.2 Å². The molecule has 0 aromatic heterocycles. The smallest absolute Gasteiger partial charge is 0.326 e. The lowest BCUT2D eigenvalue weighted by molar-refractivity contribution is -0.150. The first-order valence-corrected chi connectivity index (χ1v) is 5.77. The number of hydrogen-bond acceptors (Lipinski definition) is 3. The van der Waals surface area contributed by atoms with E-state index in [1.165, 1.54) is 0 Å². The molecule has 82 valence electrons. The van der Waals surface area contributed by atoms with Crippen molar-refractivity contribution < 1.29 is 9.53 Å². The molecule has 4 heteroatoms. The van der Waals surface area contributed by atoms with Crippen LogP contribution in [0, 0.1) is 0 Å². The molecule has 1 atom stereocenters. The Labute approximate surface area is 90.1 Å². The second-order valence-electron chi connectivity index (χ2n) is 3.63. The normalized spacial score (nSPS) is 26.4. The molecule has 0 aliphatic carbocycles. The monoisotopic (exact) mass is 219 g/mol. The van der Waals surface area contributed by atoms with Gasteiger partial charge in [0.05, 0.1) is 6.61 Å². The van der Waals surface area contributed by atoms with E-state index in [0.717, 1.165) is 32.2 Å². The van der Waals surface area contributed by atoms with E-state index >= 15 is 0 Å². The van der Waals surface area contributed by atoms with Gasteiger partial charge in [0.2, 0.25) is 0 Å². The standard InChI is InChI=1S/C10H18ClNO2/c1-2-14-9(13)10(5-3-7-11)6-4-8-12-10/h12H,2-8H2,1H3. The fourth-order valence-corrected chi connectivity index (χ4v) is 2.07. The fraction of sp³-hybridized carbons (Fsp3) is 0.900. The number of esters is 1. The Morgan fingerprint density at radius 3 is 2.93 bits per heavy atom. The lowest BCUT2D eigenvalue weighted by Gasteiger charge is -2.26. The summed E-state index contributed by atoms with van der Waals surface area (Å²) in [4.78, 5) is 11.7. The quantitative estimate of drug-likeness (QED) is 0.565. The molecule has 0 bridgehead atoms. The molecule has 14 heavy (non-hydrogen) atoms. The van der Waals surface area contributed by atoms with E-state index in [1.807, 2.05) is 6.92 Å². The molecule has 1 fully saturated rings. The van der Waals surface area contributed by atoms with Crippen LogP contribution in [0.15, 0.2) is 0 Å². The van der Waals surface area contributed by atoms with Gasteiger partial charge in [-0.1, -0.05) is 0 Å². The molecule has 0 aromatic carbocycles. The topological polar surface area (TPSA) is 38.3 Å². The van der Waals surface area contributed by atoms with Crippen molar-refractivity contribution in [3.63, 3.8) is 0 Å². The Balaban J connectivity index is 2.56. The van der Waals surface area contributed by atoms with Gasteiger partial charge in [0.1, 0.15) is 5.54 Å². The van der Waals surface area contributed by atoms with Gasteiger partial charge in [0.15, 0.2) is 0 Å². The highest BCUT2D eigenvalue weighted by Gasteiger charge is 2.41. The van der Waals surface area contributed by atoms with Gasteiger partial charge in [-0.25, -0.2) is 0 Å².